The SMILES string of the molecule is CCNC(=NCc1ccc(C(=O)N2CC(C)OC(C)C2)cc1)NCCOCC.I. The zero-order chi connectivity index (χ0) is 20.4. The van der Waals surface area contributed by atoms with Gasteiger partial charge in [0.2, 0.25) is 0 Å². The Morgan fingerprint density at radius 1 is 1.17 bits per heavy atom. The highest BCUT2D eigenvalue weighted by molar-refractivity contribution is 14.0. The third-order valence-electron chi connectivity index (χ3n) is 4.41. The van der Waals surface area contributed by atoms with Crippen LogP contribution >= 0.6 is 24.0 Å². The van der Waals surface area contributed by atoms with Crippen LogP contribution in [0.1, 0.15) is 43.6 Å². The summed E-state index contributed by atoms with van der Waals surface area (Å²) >= 11 is 0. The summed E-state index contributed by atoms with van der Waals surface area (Å²) in [5, 5.41) is 6.47. The summed E-state index contributed by atoms with van der Waals surface area (Å²) in [6.45, 7) is 12.7. The van der Waals surface area contributed by atoms with Crippen molar-refractivity contribution in [1.82, 2.24) is 15.5 Å². The van der Waals surface area contributed by atoms with Crippen LogP contribution in [0, 0.1) is 0 Å². The maximum atomic E-state index is 12.7. The highest BCUT2D eigenvalue weighted by Crippen LogP contribution is 2.15. The number of hydrogen-bond acceptors (Lipinski definition) is 4. The van der Waals surface area contributed by atoms with Gasteiger partial charge in [0.1, 0.15) is 0 Å². The van der Waals surface area contributed by atoms with Gasteiger partial charge in [0.05, 0.1) is 25.4 Å². The van der Waals surface area contributed by atoms with Crippen LogP contribution in [0.25, 0.3) is 0 Å². The molecule has 0 spiro atoms. The summed E-state index contributed by atoms with van der Waals surface area (Å²) in [6, 6.07) is 7.70. The molecule has 0 bridgehead atoms. The molecule has 0 aromatic heterocycles. The molecule has 0 radical (unpaired) electrons. The number of carbonyl (C=O) groups excluding carboxylic acids is 1. The molecule has 1 fully saturated rings. The molecule has 1 aliphatic rings. The van der Waals surface area contributed by atoms with Gasteiger partial charge in [-0.3, -0.25) is 4.79 Å². The fourth-order valence-electron chi connectivity index (χ4n) is 3.18. The van der Waals surface area contributed by atoms with E-state index >= 15 is 0 Å². The Morgan fingerprint density at radius 3 is 2.41 bits per heavy atom. The second kappa shape index (κ2) is 13.8. The van der Waals surface area contributed by atoms with Crippen molar-refractivity contribution in [2.24, 2.45) is 4.99 Å². The highest BCUT2D eigenvalue weighted by atomic mass is 127. The third-order valence-corrected chi connectivity index (χ3v) is 4.41. The molecule has 2 rings (SSSR count). The lowest BCUT2D eigenvalue weighted by Crippen LogP contribution is -2.48. The van der Waals surface area contributed by atoms with Crippen molar-refractivity contribution < 1.29 is 14.3 Å². The molecule has 0 saturated carbocycles. The molecule has 7 nitrogen and oxygen atoms in total. The second-order valence-corrected chi connectivity index (χ2v) is 6.98. The predicted octanol–water partition coefficient (Wildman–Crippen LogP) is 2.65. The Balaban J connectivity index is 0.00000420. The van der Waals surface area contributed by atoms with Gasteiger partial charge in [-0.25, -0.2) is 4.99 Å². The number of aliphatic imine (C=N–C) groups is 1. The Morgan fingerprint density at radius 2 is 1.83 bits per heavy atom. The number of benzene rings is 1. The van der Waals surface area contributed by atoms with Crippen molar-refractivity contribution in [3.63, 3.8) is 0 Å². The van der Waals surface area contributed by atoms with Crippen molar-refractivity contribution in [2.75, 3.05) is 39.4 Å². The Labute approximate surface area is 191 Å². The Bertz CT molecular complexity index is 629. The van der Waals surface area contributed by atoms with Crippen LogP contribution in [-0.2, 0) is 16.0 Å². The maximum absolute atomic E-state index is 12.7. The molecule has 1 aliphatic heterocycles. The lowest BCUT2D eigenvalue weighted by molar-refractivity contribution is -0.0586. The molecule has 2 atom stereocenters. The van der Waals surface area contributed by atoms with E-state index in [1.807, 2.05) is 56.9 Å². The van der Waals surface area contributed by atoms with E-state index in [-0.39, 0.29) is 42.1 Å². The second-order valence-electron chi connectivity index (χ2n) is 6.98. The van der Waals surface area contributed by atoms with Crippen molar-refractivity contribution >= 4 is 35.8 Å². The van der Waals surface area contributed by atoms with Crippen molar-refractivity contribution in [3.8, 4) is 0 Å². The average Bonchev–Trinajstić information content (AvgIpc) is 2.68. The molecule has 29 heavy (non-hydrogen) atoms. The summed E-state index contributed by atoms with van der Waals surface area (Å²) in [4.78, 5) is 19.2. The first-order valence-electron chi connectivity index (χ1n) is 10.2. The fourth-order valence-corrected chi connectivity index (χ4v) is 3.18. The van der Waals surface area contributed by atoms with Crippen molar-refractivity contribution in [3.05, 3.63) is 35.4 Å². The van der Waals surface area contributed by atoms with E-state index in [9.17, 15) is 4.79 Å². The highest BCUT2D eigenvalue weighted by Gasteiger charge is 2.26. The summed E-state index contributed by atoms with van der Waals surface area (Å²) in [5.41, 5.74) is 1.76. The van der Waals surface area contributed by atoms with Gasteiger partial charge in [-0.05, 0) is 45.4 Å². The van der Waals surface area contributed by atoms with Crippen LogP contribution in [-0.4, -0.2) is 68.4 Å². The first-order chi connectivity index (χ1) is 13.5. The quantitative estimate of drug-likeness (QED) is 0.240. The smallest absolute Gasteiger partial charge is 0.254 e. The standard InChI is InChI=1S/C21H34N4O3.HI/c1-5-22-21(23-11-12-27-6-2)24-13-18-7-9-19(10-8-18)20(26)25-14-16(3)28-17(4)15-25;/h7-10,16-17H,5-6,11-15H2,1-4H3,(H2,22,23,24);1H. The summed E-state index contributed by atoms with van der Waals surface area (Å²) < 4.78 is 11.0. The number of halogens is 1. The van der Waals surface area contributed by atoms with Gasteiger partial charge in [0, 0.05) is 38.3 Å². The number of carbonyl (C=O) groups is 1. The number of nitrogens with one attached hydrogen (secondary N) is 2. The lowest BCUT2D eigenvalue weighted by Gasteiger charge is -2.35. The molecule has 0 aliphatic carbocycles. The minimum Gasteiger partial charge on any atom is -0.380 e. The average molecular weight is 518 g/mol. The third kappa shape index (κ3) is 8.88. The van der Waals surface area contributed by atoms with Gasteiger partial charge in [-0.2, -0.15) is 0 Å². The predicted molar refractivity (Wildman–Crippen MR) is 127 cm³/mol. The number of amides is 1. The molecule has 1 amide bonds. The maximum Gasteiger partial charge on any atom is 0.254 e. The normalized spacial score (nSPS) is 19.4. The van der Waals surface area contributed by atoms with E-state index in [0.717, 1.165) is 18.1 Å². The largest absolute Gasteiger partial charge is 0.380 e. The topological polar surface area (TPSA) is 75.2 Å². The summed E-state index contributed by atoms with van der Waals surface area (Å²) in [5.74, 6) is 0.821. The minimum atomic E-state index is 0. The van der Waals surface area contributed by atoms with Gasteiger partial charge in [0.25, 0.3) is 5.91 Å². The number of rotatable bonds is 8. The summed E-state index contributed by atoms with van der Waals surface area (Å²) in [6.07, 6.45) is 0.141. The van der Waals surface area contributed by atoms with Gasteiger partial charge >= 0.3 is 0 Å². The molecule has 8 heteroatoms. The lowest BCUT2D eigenvalue weighted by atomic mass is 10.1. The number of nitrogens with zero attached hydrogens (tertiary/aromatic N) is 2. The van der Waals surface area contributed by atoms with Gasteiger partial charge in [-0.15, -0.1) is 24.0 Å². The zero-order valence-electron chi connectivity index (χ0n) is 17.9. The molecular formula is C21H35IN4O3. The van der Waals surface area contributed by atoms with Gasteiger partial charge < -0.3 is 25.0 Å². The first-order valence-corrected chi connectivity index (χ1v) is 10.2. The van der Waals surface area contributed by atoms with E-state index in [4.69, 9.17) is 9.47 Å². The number of morpholine rings is 1. The van der Waals surface area contributed by atoms with Crippen molar-refractivity contribution in [2.45, 2.75) is 46.4 Å². The summed E-state index contributed by atoms with van der Waals surface area (Å²) in [7, 11) is 0. The van der Waals surface area contributed by atoms with Crippen LogP contribution in [0.2, 0.25) is 0 Å². The molecule has 1 aromatic carbocycles. The van der Waals surface area contributed by atoms with E-state index in [1.54, 1.807) is 0 Å². The van der Waals surface area contributed by atoms with E-state index < -0.39 is 0 Å². The molecule has 1 aromatic rings. The number of guanidine groups is 1. The minimum absolute atomic E-state index is 0. The number of hydrogen-bond donors (Lipinski definition) is 2. The number of ether oxygens (including phenoxy) is 2. The van der Waals surface area contributed by atoms with Gasteiger partial charge in [-0.1, -0.05) is 12.1 Å². The van der Waals surface area contributed by atoms with E-state index in [0.29, 0.717) is 45.0 Å². The Kier molecular flexibility index (Phi) is 12.2. The van der Waals surface area contributed by atoms with Crippen LogP contribution < -0.4 is 10.6 Å². The molecule has 1 saturated heterocycles. The molecule has 164 valence electrons. The monoisotopic (exact) mass is 518 g/mol. The van der Waals surface area contributed by atoms with Crippen LogP contribution in [0.15, 0.2) is 29.3 Å². The zero-order valence-corrected chi connectivity index (χ0v) is 20.3. The van der Waals surface area contributed by atoms with Crippen LogP contribution in [0.4, 0.5) is 0 Å². The Hall–Kier alpha value is -1.39. The fraction of sp³-hybridized carbons (Fsp3) is 0.619. The van der Waals surface area contributed by atoms with E-state index in [1.165, 1.54) is 0 Å². The first kappa shape index (κ1) is 25.6. The molecule has 2 unspecified atom stereocenters. The van der Waals surface area contributed by atoms with Crippen molar-refractivity contribution in [1.29, 1.82) is 0 Å². The van der Waals surface area contributed by atoms with Gasteiger partial charge in [0.15, 0.2) is 5.96 Å². The molecular weight excluding hydrogens is 483 g/mol. The van der Waals surface area contributed by atoms with Crippen LogP contribution in [0.5, 0.6) is 0 Å². The van der Waals surface area contributed by atoms with Crippen LogP contribution in [0.3, 0.4) is 0 Å². The molecule has 2 N–H and O–H groups in total. The van der Waals surface area contributed by atoms with E-state index in [2.05, 4.69) is 15.6 Å². The molecule has 1 heterocycles.